The number of nitrogens with zero attached hydrogens (tertiary/aromatic N) is 1. The van der Waals surface area contributed by atoms with E-state index in [4.69, 9.17) is 5.73 Å². The van der Waals surface area contributed by atoms with Crippen LogP contribution in [0.4, 0.5) is 5.69 Å². The number of nitrogens with two attached hydrogens (primary N) is 1. The van der Waals surface area contributed by atoms with Crippen LogP contribution in [0.5, 0.6) is 0 Å². The van der Waals surface area contributed by atoms with E-state index >= 15 is 0 Å². The molecule has 0 radical (unpaired) electrons. The highest BCUT2D eigenvalue weighted by Crippen LogP contribution is 2.15. The summed E-state index contributed by atoms with van der Waals surface area (Å²) in [6.07, 6.45) is 0.515. The molecule has 0 saturated heterocycles. The van der Waals surface area contributed by atoms with E-state index in [1.54, 1.807) is 7.05 Å². The molecule has 0 spiro atoms. The van der Waals surface area contributed by atoms with E-state index in [1.807, 2.05) is 24.3 Å². The number of para-hydroxylation sites is 1. The van der Waals surface area contributed by atoms with Gasteiger partial charge in [0.15, 0.2) is 0 Å². The van der Waals surface area contributed by atoms with Crippen LogP contribution >= 0.6 is 0 Å². The Hall–Kier alpha value is -1.55. The number of amides is 1. The van der Waals surface area contributed by atoms with Crippen molar-refractivity contribution in [3.8, 4) is 0 Å². The smallest absolute Gasteiger partial charge is 0.221 e. The maximum atomic E-state index is 11.3. The fourth-order valence-electron chi connectivity index (χ4n) is 1.79. The first-order valence-corrected chi connectivity index (χ1v) is 6.32. The van der Waals surface area contributed by atoms with Gasteiger partial charge in [0.2, 0.25) is 5.91 Å². The average molecular weight is 249 g/mol. The highest BCUT2D eigenvalue weighted by atomic mass is 16.1. The molecule has 0 bridgehead atoms. The van der Waals surface area contributed by atoms with Gasteiger partial charge in [-0.25, -0.2) is 0 Å². The van der Waals surface area contributed by atoms with Gasteiger partial charge in [-0.2, -0.15) is 0 Å². The summed E-state index contributed by atoms with van der Waals surface area (Å²) < 4.78 is 0. The second-order valence-corrected chi connectivity index (χ2v) is 4.69. The lowest BCUT2D eigenvalue weighted by atomic mass is 10.1. The van der Waals surface area contributed by atoms with Gasteiger partial charge in [-0.05, 0) is 25.5 Å². The normalized spacial score (nSPS) is 10.9. The summed E-state index contributed by atoms with van der Waals surface area (Å²) in [5.74, 6) is 0.0710. The van der Waals surface area contributed by atoms with Crippen LogP contribution in [-0.2, 0) is 11.3 Å². The Morgan fingerprint density at radius 1 is 1.39 bits per heavy atom. The van der Waals surface area contributed by atoms with Gasteiger partial charge in [0.25, 0.3) is 0 Å². The first kappa shape index (κ1) is 14.5. The van der Waals surface area contributed by atoms with Crippen molar-refractivity contribution in [1.29, 1.82) is 0 Å². The van der Waals surface area contributed by atoms with Gasteiger partial charge >= 0.3 is 0 Å². The highest BCUT2D eigenvalue weighted by molar-refractivity contribution is 5.75. The standard InChI is InChI=1S/C14H23N3O/c1-11(2)17(9-8-14(18)16-3)10-12-6-4-5-7-13(12)15/h4-7,11H,8-10,15H2,1-3H3,(H,16,18). The molecule has 0 fully saturated rings. The average Bonchev–Trinajstić information content (AvgIpc) is 2.35. The van der Waals surface area contributed by atoms with Gasteiger partial charge in [0.1, 0.15) is 0 Å². The molecule has 0 unspecified atom stereocenters. The molecule has 4 nitrogen and oxygen atoms in total. The zero-order valence-corrected chi connectivity index (χ0v) is 11.4. The fraction of sp³-hybridized carbons (Fsp3) is 0.500. The minimum atomic E-state index is 0.0710. The third-order valence-corrected chi connectivity index (χ3v) is 3.06. The number of nitrogen functional groups attached to an aromatic ring is 1. The number of carbonyl (C=O) groups is 1. The zero-order chi connectivity index (χ0) is 13.5. The number of nitrogens with one attached hydrogen (secondary N) is 1. The van der Waals surface area contributed by atoms with Crippen molar-refractivity contribution in [3.05, 3.63) is 29.8 Å². The van der Waals surface area contributed by atoms with E-state index in [9.17, 15) is 4.79 Å². The summed E-state index contributed by atoms with van der Waals surface area (Å²) in [5, 5.41) is 2.64. The molecule has 0 saturated carbocycles. The van der Waals surface area contributed by atoms with Crippen LogP contribution in [0.15, 0.2) is 24.3 Å². The lowest BCUT2D eigenvalue weighted by Gasteiger charge is -2.26. The second kappa shape index (κ2) is 7.01. The molecule has 0 aromatic heterocycles. The molecule has 0 heterocycles. The SMILES string of the molecule is CNC(=O)CCN(Cc1ccccc1N)C(C)C. The molecule has 18 heavy (non-hydrogen) atoms. The Morgan fingerprint density at radius 3 is 2.61 bits per heavy atom. The highest BCUT2D eigenvalue weighted by Gasteiger charge is 2.12. The summed E-state index contributed by atoms with van der Waals surface area (Å²) in [6, 6.07) is 8.25. The quantitative estimate of drug-likeness (QED) is 0.753. The largest absolute Gasteiger partial charge is 0.398 e. The van der Waals surface area contributed by atoms with Crippen LogP contribution in [0.25, 0.3) is 0 Å². The Bertz CT molecular complexity index is 390. The van der Waals surface area contributed by atoms with E-state index in [2.05, 4.69) is 24.1 Å². The van der Waals surface area contributed by atoms with Crippen LogP contribution in [0.2, 0.25) is 0 Å². The lowest BCUT2D eigenvalue weighted by Crippen LogP contribution is -2.34. The molecule has 3 N–H and O–H groups in total. The number of rotatable bonds is 6. The van der Waals surface area contributed by atoms with E-state index in [0.717, 1.165) is 24.3 Å². The van der Waals surface area contributed by atoms with Crippen LogP contribution < -0.4 is 11.1 Å². The lowest BCUT2D eigenvalue weighted by molar-refractivity contribution is -0.121. The van der Waals surface area contributed by atoms with Crippen molar-refractivity contribution in [2.75, 3.05) is 19.3 Å². The molecule has 0 atom stereocenters. The second-order valence-electron chi connectivity index (χ2n) is 4.69. The van der Waals surface area contributed by atoms with Crippen molar-refractivity contribution >= 4 is 11.6 Å². The van der Waals surface area contributed by atoms with E-state index in [1.165, 1.54) is 0 Å². The summed E-state index contributed by atoms with van der Waals surface area (Å²) in [7, 11) is 1.66. The summed E-state index contributed by atoms with van der Waals surface area (Å²) in [5.41, 5.74) is 7.87. The Labute approximate surface area is 109 Å². The maximum absolute atomic E-state index is 11.3. The van der Waals surface area contributed by atoms with Crippen molar-refractivity contribution in [2.24, 2.45) is 0 Å². The predicted octanol–water partition coefficient (Wildman–Crippen LogP) is 1.62. The van der Waals surface area contributed by atoms with Crippen LogP contribution in [0.3, 0.4) is 0 Å². The first-order valence-electron chi connectivity index (χ1n) is 6.32. The van der Waals surface area contributed by atoms with E-state index in [-0.39, 0.29) is 5.91 Å². The molecule has 1 amide bonds. The first-order chi connectivity index (χ1) is 8.54. The van der Waals surface area contributed by atoms with Gasteiger partial charge < -0.3 is 11.1 Å². The third-order valence-electron chi connectivity index (χ3n) is 3.06. The molecule has 4 heteroatoms. The molecule has 1 rings (SSSR count). The van der Waals surface area contributed by atoms with Gasteiger partial charge in [-0.1, -0.05) is 18.2 Å². The van der Waals surface area contributed by atoms with E-state index < -0.39 is 0 Å². The molecule has 0 aliphatic carbocycles. The molecule has 0 aliphatic heterocycles. The summed E-state index contributed by atoms with van der Waals surface area (Å²) >= 11 is 0. The molecule has 1 aromatic rings. The van der Waals surface area contributed by atoms with Crippen LogP contribution in [0.1, 0.15) is 25.8 Å². The summed E-state index contributed by atoms with van der Waals surface area (Å²) in [6.45, 7) is 5.78. The zero-order valence-electron chi connectivity index (χ0n) is 11.4. The minimum absolute atomic E-state index is 0.0710. The number of hydrogen-bond acceptors (Lipinski definition) is 3. The van der Waals surface area contributed by atoms with Crippen molar-refractivity contribution in [1.82, 2.24) is 10.2 Å². The third kappa shape index (κ3) is 4.37. The fourth-order valence-corrected chi connectivity index (χ4v) is 1.79. The van der Waals surface area contributed by atoms with Crippen molar-refractivity contribution < 1.29 is 4.79 Å². The van der Waals surface area contributed by atoms with Crippen molar-refractivity contribution in [3.63, 3.8) is 0 Å². The number of benzene rings is 1. The molecule has 100 valence electrons. The topological polar surface area (TPSA) is 58.4 Å². The Balaban J connectivity index is 2.63. The number of anilines is 1. The predicted molar refractivity (Wildman–Crippen MR) is 75.1 cm³/mol. The number of hydrogen-bond donors (Lipinski definition) is 2. The van der Waals surface area contributed by atoms with Gasteiger partial charge in [-0.3, -0.25) is 9.69 Å². The summed E-state index contributed by atoms with van der Waals surface area (Å²) in [4.78, 5) is 13.5. The van der Waals surface area contributed by atoms with Gasteiger partial charge in [0, 0.05) is 38.3 Å². The monoisotopic (exact) mass is 249 g/mol. The molecule has 1 aromatic carbocycles. The van der Waals surface area contributed by atoms with Crippen molar-refractivity contribution in [2.45, 2.75) is 32.9 Å². The maximum Gasteiger partial charge on any atom is 0.221 e. The van der Waals surface area contributed by atoms with Crippen LogP contribution in [0, 0.1) is 0 Å². The Kier molecular flexibility index (Phi) is 5.65. The van der Waals surface area contributed by atoms with Crippen LogP contribution in [-0.4, -0.2) is 30.4 Å². The van der Waals surface area contributed by atoms with E-state index in [0.29, 0.717) is 12.5 Å². The Morgan fingerprint density at radius 2 is 2.06 bits per heavy atom. The van der Waals surface area contributed by atoms with Gasteiger partial charge in [0.05, 0.1) is 0 Å². The number of carbonyl (C=O) groups excluding carboxylic acids is 1. The molecular weight excluding hydrogens is 226 g/mol. The molecule has 0 aliphatic rings. The minimum Gasteiger partial charge on any atom is -0.398 e. The molecular formula is C14H23N3O. The van der Waals surface area contributed by atoms with Gasteiger partial charge in [-0.15, -0.1) is 0 Å².